The lowest BCUT2D eigenvalue weighted by molar-refractivity contribution is 0.308. The van der Waals surface area contributed by atoms with Crippen molar-refractivity contribution >= 4 is 37.7 Å². The first kappa shape index (κ1) is 17.7. The second kappa shape index (κ2) is 7.51. The lowest BCUT2D eigenvalue weighted by Gasteiger charge is -2.31. The molecule has 12 heteroatoms. The first-order chi connectivity index (χ1) is 13.1. The minimum Gasteiger partial charge on any atom is -0.444 e. The minimum absolute atomic E-state index is 0.444. The molecule has 0 bridgehead atoms. The fraction of sp³-hybridized carbons (Fsp3) is 0. The molecule has 3 aromatic heterocycles. The normalized spacial score (nSPS) is 14.6. The fourth-order valence-corrected chi connectivity index (χ4v) is 2.48. The zero-order valence-electron chi connectivity index (χ0n) is 13.6. The van der Waals surface area contributed by atoms with Gasteiger partial charge in [-0.25, -0.2) is 15.0 Å². The standard InChI is InChI=1S/C15H9B3F3N3O3/c19-13-4-1-10(7-22-13)16-25-17(11-2-5-14(20)23-8-11)27-18(26-16)12-3-6-15(21)24-9-12/h1-9H. The van der Waals surface area contributed by atoms with Crippen molar-refractivity contribution in [2.24, 2.45) is 0 Å². The summed E-state index contributed by atoms with van der Waals surface area (Å²) in [5.74, 6) is -1.95. The van der Waals surface area contributed by atoms with Crippen LogP contribution in [0.25, 0.3) is 0 Å². The Morgan fingerprint density at radius 1 is 0.519 bits per heavy atom. The molecule has 0 unspecified atom stereocenters. The summed E-state index contributed by atoms with van der Waals surface area (Å²) in [7, 11) is -2.88. The van der Waals surface area contributed by atoms with Crippen molar-refractivity contribution in [3.8, 4) is 0 Å². The van der Waals surface area contributed by atoms with Crippen LogP contribution in [0.2, 0.25) is 0 Å². The maximum Gasteiger partial charge on any atom is 0.468 e. The topological polar surface area (TPSA) is 66.4 Å². The van der Waals surface area contributed by atoms with Crippen LogP contribution in [-0.4, -0.2) is 36.3 Å². The SMILES string of the molecule is Fc1ccc(B2OB(c3ccc(F)nc3)OB(c3ccc(F)nc3)O2)cn1. The van der Waals surface area contributed by atoms with Gasteiger partial charge in [0.1, 0.15) is 0 Å². The first-order valence-electron chi connectivity index (χ1n) is 7.89. The zero-order chi connectivity index (χ0) is 18.8. The highest BCUT2D eigenvalue weighted by Gasteiger charge is 2.44. The van der Waals surface area contributed by atoms with E-state index in [9.17, 15) is 13.2 Å². The summed E-state index contributed by atoms with van der Waals surface area (Å²) in [6.07, 6.45) is 3.81. The number of pyridine rings is 3. The van der Waals surface area contributed by atoms with Crippen molar-refractivity contribution in [3.05, 3.63) is 72.8 Å². The van der Waals surface area contributed by atoms with E-state index in [0.717, 1.165) is 0 Å². The number of aromatic nitrogens is 3. The highest BCUT2D eigenvalue weighted by atomic mass is 19.1. The van der Waals surface area contributed by atoms with E-state index in [1.807, 2.05) is 0 Å². The summed E-state index contributed by atoms with van der Waals surface area (Å²) in [5.41, 5.74) is 1.33. The van der Waals surface area contributed by atoms with Gasteiger partial charge in [0, 0.05) is 18.6 Å². The van der Waals surface area contributed by atoms with Crippen molar-refractivity contribution < 1.29 is 26.9 Å². The molecule has 1 fully saturated rings. The monoisotopic (exact) mass is 369 g/mol. The van der Waals surface area contributed by atoms with Gasteiger partial charge in [0.25, 0.3) is 0 Å². The second-order valence-corrected chi connectivity index (χ2v) is 5.65. The van der Waals surface area contributed by atoms with Gasteiger partial charge in [-0.05, 0) is 34.6 Å². The largest absolute Gasteiger partial charge is 0.468 e. The molecule has 0 saturated carbocycles. The van der Waals surface area contributed by atoms with Gasteiger partial charge >= 0.3 is 21.4 Å². The number of rotatable bonds is 3. The van der Waals surface area contributed by atoms with Crippen LogP contribution in [0.5, 0.6) is 0 Å². The first-order valence-corrected chi connectivity index (χ1v) is 7.89. The lowest BCUT2D eigenvalue weighted by atomic mass is 9.62. The van der Waals surface area contributed by atoms with Gasteiger partial charge in [0.2, 0.25) is 17.8 Å². The Labute approximate surface area is 153 Å². The molecule has 0 radical (unpaired) electrons. The molecule has 132 valence electrons. The van der Waals surface area contributed by atoms with Crippen molar-refractivity contribution in [2.45, 2.75) is 0 Å². The van der Waals surface area contributed by atoms with Crippen LogP contribution >= 0.6 is 0 Å². The Morgan fingerprint density at radius 3 is 1.04 bits per heavy atom. The Morgan fingerprint density at radius 2 is 0.815 bits per heavy atom. The maximum absolute atomic E-state index is 13.1. The van der Waals surface area contributed by atoms with E-state index in [-0.39, 0.29) is 0 Å². The van der Waals surface area contributed by atoms with Crippen LogP contribution < -0.4 is 16.4 Å². The molecule has 4 heterocycles. The molecule has 0 aromatic carbocycles. The highest BCUT2D eigenvalue weighted by molar-refractivity contribution is 6.87. The van der Waals surface area contributed by atoms with Crippen molar-refractivity contribution in [1.82, 2.24) is 15.0 Å². The molecule has 3 aromatic rings. The van der Waals surface area contributed by atoms with Gasteiger partial charge in [0.15, 0.2) is 0 Å². The van der Waals surface area contributed by atoms with Gasteiger partial charge in [-0.3, -0.25) is 0 Å². The second-order valence-electron chi connectivity index (χ2n) is 5.65. The lowest BCUT2D eigenvalue weighted by Crippen LogP contribution is -2.61. The smallest absolute Gasteiger partial charge is 0.444 e. The molecular formula is C15H9B3F3N3O3. The van der Waals surface area contributed by atoms with E-state index in [4.69, 9.17) is 13.7 Å². The van der Waals surface area contributed by atoms with Gasteiger partial charge in [0.05, 0.1) is 0 Å². The molecule has 4 rings (SSSR count). The maximum atomic E-state index is 13.1. The molecule has 1 aliphatic heterocycles. The summed E-state index contributed by atoms with van der Waals surface area (Å²) in [6, 6.07) is 7.87. The summed E-state index contributed by atoms with van der Waals surface area (Å²) < 4.78 is 56.6. The number of halogens is 3. The quantitative estimate of drug-likeness (QED) is 0.473. The van der Waals surface area contributed by atoms with Gasteiger partial charge in [-0.1, -0.05) is 18.2 Å². The predicted octanol–water partition coefficient (Wildman–Crippen LogP) is -0.162. The van der Waals surface area contributed by atoms with E-state index in [1.54, 1.807) is 0 Å². The van der Waals surface area contributed by atoms with Crippen molar-refractivity contribution in [3.63, 3.8) is 0 Å². The van der Waals surface area contributed by atoms with Crippen LogP contribution in [0.15, 0.2) is 55.0 Å². The summed E-state index contributed by atoms with van der Waals surface area (Å²) in [5, 5.41) is 0. The number of hydrogen-bond acceptors (Lipinski definition) is 6. The van der Waals surface area contributed by atoms with Crippen molar-refractivity contribution in [1.29, 1.82) is 0 Å². The van der Waals surface area contributed by atoms with Gasteiger partial charge in [-0.15, -0.1) is 0 Å². The molecule has 0 amide bonds. The predicted molar refractivity (Wildman–Crippen MR) is 92.0 cm³/mol. The highest BCUT2D eigenvalue weighted by Crippen LogP contribution is 2.10. The van der Waals surface area contributed by atoms with Crippen LogP contribution in [0.1, 0.15) is 0 Å². The van der Waals surface area contributed by atoms with Gasteiger partial charge in [-0.2, -0.15) is 13.2 Å². The number of hydrogen-bond donors (Lipinski definition) is 0. The third kappa shape index (κ3) is 4.02. The van der Waals surface area contributed by atoms with E-state index in [1.165, 1.54) is 55.0 Å². The molecule has 0 atom stereocenters. The summed E-state index contributed by atoms with van der Waals surface area (Å²) in [4.78, 5) is 10.7. The molecule has 0 spiro atoms. The van der Waals surface area contributed by atoms with Crippen LogP contribution in [0.3, 0.4) is 0 Å². The average Bonchev–Trinajstić information content (AvgIpc) is 2.69. The van der Waals surface area contributed by atoms with Crippen LogP contribution in [0, 0.1) is 17.8 Å². The van der Waals surface area contributed by atoms with E-state index in [0.29, 0.717) is 16.4 Å². The number of nitrogens with zero attached hydrogens (tertiary/aromatic N) is 3. The van der Waals surface area contributed by atoms with E-state index < -0.39 is 39.2 Å². The van der Waals surface area contributed by atoms with Crippen molar-refractivity contribution in [2.75, 3.05) is 0 Å². The third-order valence-electron chi connectivity index (χ3n) is 3.81. The van der Waals surface area contributed by atoms with E-state index in [2.05, 4.69) is 15.0 Å². The molecule has 6 nitrogen and oxygen atoms in total. The fourth-order valence-electron chi connectivity index (χ4n) is 2.48. The Bertz CT molecular complexity index is 791. The van der Waals surface area contributed by atoms with E-state index >= 15 is 0 Å². The molecule has 27 heavy (non-hydrogen) atoms. The average molecular weight is 369 g/mol. The molecule has 1 aliphatic rings. The summed E-state index contributed by atoms with van der Waals surface area (Å²) >= 11 is 0. The van der Waals surface area contributed by atoms with Gasteiger partial charge < -0.3 is 13.7 Å². The summed E-state index contributed by atoms with van der Waals surface area (Å²) in [6.45, 7) is 0. The molecular weight excluding hydrogens is 360 g/mol. The Kier molecular flexibility index (Phi) is 4.93. The molecule has 0 N–H and O–H groups in total. The van der Waals surface area contributed by atoms with Crippen LogP contribution in [0.4, 0.5) is 13.2 Å². The third-order valence-corrected chi connectivity index (χ3v) is 3.81. The Hall–Kier alpha value is -2.69. The Balaban J connectivity index is 1.66. The van der Waals surface area contributed by atoms with Crippen LogP contribution in [-0.2, 0) is 13.7 Å². The molecule has 0 aliphatic carbocycles. The molecule has 1 saturated heterocycles. The zero-order valence-corrected chi connectivity index (χ0v) is 13.6. The minimum atomic E-state index is -0.961.